The SMILES string of the molecule is C#CCCCC1(C#N)CCCNC1. The van der Waals surface area contributed by atoms with E-state index in [-0.39, 0.29) is 5.41 Å². The van der Waals surface area contributed by atoms with E-state index >= 15 is 0 Å². The Balaban J connectivity index is 2.40. The summed E-state index contributed by atoms with van der Waals surface area (Å²) in [5.74, 6) is 2.62. The first-order valence-electron chi connectivity index (χ1n) is 4.88. The molecule has 0 aliphatic carbocycles. The maximum absolute atomic E-state index is 9.10. The van der Waals surface area contributed by atoms with Gasteiger partial charge in [0.25, 0.3) is 0 Å². The second-order valence-electron chi connectivity index (χ2n) is 3.73. The summed E-state index contributed by atoms with van der Waals surface area (Å²) in [4.78, 5) is 0. The molecule has 0 amide bonds. The summed E-state index contributed by atoms with van der Waals surface area (Å²) >= 11 is 0. The molecule has 70 valence electrons. The van der Waals surface area contributed by atoms with Crippen molar-refractivity contribution in [3.05, 3.63) is 0 Å². The predicted molar refractivity (Wildman–Crippen MR) is 52.8 cm³/mol. The maximum atomic E-state index is 9.10. The fourth-order valence-corrected chi connectivity index (χ4v) is 1.86. The zero-order valence-electron chi connectivity index (χ0n) is 7.97. The molecule has 0 aromatic carbocycles. The van der Waals surface area contributed by atoms with E-state index in [4.69, 9.17) is 11.7 Å². The second kappa shape index (κ2) is 4.90. The third-order valence-electron chi connectivity index (χ3n) is 2.69. The Morgan fingerprint density at radius 2 is 2.38 bits per heavy atom. The van der Waals surface area contributed by atoms with Gasteiger partial charge in [-0.3, -0.25) is 0 Å². The average Bonchev–Trinajstić information content (AvgIpc) is 2.20. The van der Waals surface area contributed by atoms with Gasteiger partial charge in [0.05, 0.1) is 11.5 Å². The van der Waals surface area contributed by atoms with Crippen LogP contribution in [0.25, 0.3) is 0 Å². The van der Waals surface area contributed by atoms with Crippen molar-refractivity contribution in [3.8, 4) is 18.4 Å². The highest BCUT2D eigenvalue weighted by atomic mass is 14.9. The van der Waals surface area contributed by atoms with Gasteiger partial charge < -0.3 is 5.32 Å². The highest BCUT2D eigenvalue weighted by molar-refractivity contribution is 5.02. The van der Waals surface area contributed by atoms with Crippen molar-refractivity contribution >= 4 is 0 Å². The lowest BCUT2D eigenvalue weighted by molar-refractivity contribution is 0.264. The van der Waals surface area contributed by atoms with Gasteiger partial charge in [0.2, 0.25) is 0 Å². The molecule has 0 aromatic rings. The van der Waals surface area contributed by atoms with Crippen LogP contribution in [0.3, 0.4) is 0 Å². The molecule has 0 saturated carbocycles. The van der Waals surface area contributed by atoms with E-state index in [2.05, 4.69) is 17.3 Å². The van der Waals surface area contributed by atoms with Crippen molar-refractivity contribution < 1.29 is 0 Å². The van der Waals surface area contributed by atoms with Gasteiger partial charge in [-0.2, -0.15) is 5.26 Å². The normalized spacial score (nSPS) is 27.5. The molecule has 1 rings (SSSR count). The molecule has 1 aliphatic rings. The van der Waals surface area contributed by atoms with Crippen LogP contribution in [0.1, 0.15) is 32.1 Å². The summed E-state index contributed by atoms with van der Waals surface area (Å²) in [5.41, 5.74) is -0.130. The zero-order valence-corrected chi connectivity index (χ0v) is 7.97. The summed E-state index contributed by atoms with van der Waals surface area (Å²) in [6, 6.07) is 2.45. The zero-order chi connectivity index (χ0) is 9.57. The Hall–Kier alpha value is -0.990. The Morgan fingerprint density at radius 3 is 2.92 bits per heavy atom. The van der Waals surface area contributed by atoms with E-state index < -0.39 is 0 Å². The van der Waals surface area contributed by atoms with Crippen LogP contribution in [0.15, 0.2) is 0 Å². The molecular formula is C11H16N2. The summed E-state index contributed by atoms with van der Waals surface area (Å²) in [5, 5.41) is 12.4. The van der Waals surface area contributed by atoms with Gasteiger partial charge in [-0.1, -0.05) is 0 Å². The number of piperidine rings is 1. The average molecular weight is 176 g/mol. The molecule has 1 aliphatic heterocycles. The lowest BCUT2D eigenvalue weighted by atomic mass is 9.78. The number of hydrogen-bond donors (Lipinski definition) is 1. The minimum atomic E-state index is -0.130. The highest BCUT2D eigenvalue weighted by Crippen LogP contribution is 2.30. The van der Waals surface area contributed by atoms with Gasteiger partial charge in [0.1, 0.15) is 0 Å². The Morgan fingerprint density at radius 1 is 1.54 bits per heavy atom. The minimum Gasteiger partial charge on any atom is -0.315 e. The van der Waals surface area contributed by atoms with E-state index in [0.717, 1.165) is 45.2 Å². The summed E-state index contributed by atoms with van der Waals surface area (Å²) in [6.07, 6.45) is 10.0. The fraction of sp³-hybridized carbons (Fsp3) is 0.727. The molecule has 0 radical (unpaired) electrons. The van der Waals surface area contributed by atoms with Crippen molar-refractivity contribution in [2.24, 2.45) is 5.41 Å². The monoisotopic (exact) mass is 176 g/mol. The molecule has 0 bridgehead atoms. The lowest BCUT2D eigenvalue weighted by Crippen LogP contribution is -2.38. The first kappa shape index (κ1) is 10.1. The summed E-state index contributed by atoms with van der Waals surface area (Å²) in [6.45, 7) is 1.90. The number of nitriles is 1. The van der Waals surface area contributed by atoms with Gasteiger partial charge in [-0.05, 0) is 32.2 Å². The number of hydrogen-bond acceptors (Lipinski definition) is 2. The molecule has 1 saturated heterocycles. The van der Waals surface area contributed by atoms with Gasteiger partial charge in [0.15, 0.2) is 0 Å². The van der Waals surface area contributed by atoms with Gasteiger partial charge in [-0.15, -0.1) is 12.3 Å². The Bertz CT molecular complexity index is 225. The number of nitrogens with zero attached hydrogens (tertiary/aromatic N) is 1. The predicted octanol–water partition coefficient (Wildman–Crippen LogP) is 1.68. The topological polar surface area (TPSA) is 35.8 Å². The standard InChI is InChI=1S/C11H16N2/c1-2-3-4-6-11(9-12)7-5-8-13-10-11/h1,13H,3-8,10H2. The molecule has 1 heterocycles. The van der Waals surface area contributed by atoms with Crippen LogP contribution in [-0.2, 0) is 0 Å². The van der Waals surface area contributed by atoms with Crippen molar-refractivity contribution in [3.63, 3.8) is 0 Å². The third kappa shape index (κ3) is 2.76. The van der Waals surface area contributed by atoms with Crippen LogP contribution >= 0.6 is 0 Å². The third-order valence-corrected chi connectivity index (χ3v) is 2.69. The Kier molecular flexibility index (Phi) is 3.80. The van der Waals surface area contributed by atoms with Crippen LogP contribution in [0.4, 0.5) is 0 Å². The van der Waals surface area contributed by atoms with Crippen LogP contribution in [0.5, 0.6) is 0 Å². The number of nitrogens with one attached hydrogen (secondary N) is 1. The van der Waals surface area contributed by atoms with Crippen LogP contribution in [0.2, 0.25) is 0 Å². The first-order chi connectivity index (χ1) is 6.33. The number of unbranched alkanes of at least 4 members (excludes halogenated alkanes) is 1. The molecule has 0 spiro atoms. The molecule has 13 heavy (non-hydrogen) atoms. The fourth-order valence-electron chi connectivity index (χ4n) is 1.86. The Labute approximate surface area is 80.3 Å². The maximum Gasteiger partial charge on any atom is 0.0703 e. The number of terminal acetylenes is 1. The summed E-state index contributed by atoms with van der Waals surface area (Å²) < 4.78 is 0. The first-order valence-corrected chi connectivity index (χ1v) is 4.88. The van der Waals surface area contributed by atoms with Crippen molar-refractivity contribution in [1.82, 2.24) is 5.32 Å². The smallest absolute Gasteiger partial charge is 0.0703 e. The molecule has 1 N–H and O–H groups in total. The molecule has 1 unspecified atom stereocenters. The van der Waals surface area contributed by atoms with Gasteiger partial charge >= 0.3 is 0 Å². The minimum absolute atomic E-state index is 0.130. The van der Waals surface area contributed by atoms with Gasteiger partial charge in [0, 0.05) is 13.0 Å². The van der Waals surface area contributed by atoms with Crippen molar-refractivity contribution in [2.75, 3.05) is 13.1 Å². The van der Waals surface area contributed by atoms with Gasteiger partial charge in [-0.25, -0.2) is 0 Å². The van der Waals surface area contributed by atoms with Crippen molar-refractivity contribution in [2.45, 2.75) is 32.1 Å². The van der Waals surface area contributed by atoms with E-state index in [1.807, 2.05) is 0 Å². The van der Waals surface area contributed by atoms with E-state index in [1.54, 1.807) is 0 Å². The summed E-state index contributed by atoms with van der Waals surface area (Å²) in [7, 11) is 0. The molecule has 2 heteroatoms. The van der Waals surface area contributed by atoms with E-state index in [9.17, 15) is 0 Å². The largest absolute Gasteiger partial charge is 0.315 e. The van der Waals surface area contributed by atoms with Crippen molar-refractivity contribution in [1.29, 1.82) is 5.26 Å². The number of rotatable bonds is 3. The molecule has 2 nitrogen and oxygen atoms in total. The van der Waals surface area contributed by atoms with E-state index in [0.29, 0.717) is 0 Å². The van der Waals surface area contributed by atoms with Crippen LogP contribution < -0.4 is 5.32 Å². The highest BCUT2D eigenvalue weighted by Gasteiger charge is 2.30. The molecule has 0 aromatic heterocycles. The quantitative estimate of drug-likeness (QED) is 0.524. The van der Waals surface area contributed by atoms with Crippen LogP contribution in [0, 0.1) is 29.1 Å². The lowest BCUT2D eigenvalue weighted by Gasteiger charge is -2.31. The second-order valence-corrected chi connectivity index (χ2v) is 3.73. The molecule has 1 fully saturated rings. The molecular weight excluding hydrogens is 160 g/mol. The van der Waals surface area contributed by atoms with Crippen LogP contribution in [-0.4, -0.2) is 13.1 Å². The molecule has 1 atom stereocenters. The van der Waals surface area contributed by atoms with E-state index in [1.165, 1.54) is 0 Å².